The smallest absolute Gasteiger partial charge is 0.265 e. The molecule has 5 heteroatoms. The number of para-hydroxylation sites is 1. The number of hydrogen-bond acceptors (Lipinski definition) is 3. The molecule has 2 aromatic carbocycles. The van der Waals surface area contributed by atoms with Gasteiger partial charge in [-0.1, -0.05) is 45.0 Å². The quantitative estimate of drug-likeness (QED) is 0.874. The van der Waals surface area contributed by atoms with Crippen LogP contribution in [0, 0.1) is 0 Å². The predicted octanol–water partition coefficient (Wildman–Crippen LogP) is 3.49. The first-order chi connectivity index (χ1) is 11.7. The van der Waals surface area contributed by atoms with Gasteiger partial charge in [-0.25, -0.2) is 0 Å². The van der Waals surface area contributed by atoms with Gasteiger partial charge in [0, 0.05) is 0 Å². The third-order valence-electron chi connectivity index (χ3n) is 3.85. The lowest BCUT2D eigenvalue weighted by atomic mass is 9.87. The highest BCUT2D eigenvalue weighted by Crippen LogP contribution is 2.25. The van der Waals surface area contributed by atoms with Crippen molar-refractivity contribution in [2.45, 2.75) is 39.2 Å². The largest absolute Gasteiger partial charge is 0.481 e. The molecule has 0 saturated carbocycles. The molecule has 0 bridgehead atoms. The fourth-order valence-corrected chi connectivity index (χ4v) is 2.33. The van der Waals surface area contributed by atoms with Gasteiger partial charge in [-0.2, -0.15) is 0 Å². The number of ether oxygens (including phenoxy) is 1. The first kappa shape index (κ1) is 18.5. The second-order valence-electron chi connectivity index (χ2n) is 6.93. The summed E-state index contributed by atoms with van der Waals surface area (Å²) in [5.74, 6) is -0.338. The summed E-state index contributed by atoms with van der Waals surface area (Å²) in [7, 11) is 0. The van der Waals surface area contributed by atoms with Crippen molar-refractivity contribution >= 4 is 17.5 Å². The van der Waals surface area contributed by atoms with E-state index < -0.39 is 12.0 Å². The first-order valence-corrected chi connectivity index (χ1v) is 8.15. The minimum Gasteiger partial charge on any atom is -0.481 e. The second-order valence-corrected chi connectivity index (χ2v) is 6.93. The molecule has 25 heavy (non-hydrogen) atoms. The lowest BCUT2D eigenvalue weighted by Gasteiger charge is -2.20. The normalized spacial score (nSPS) is 12.3. The van der Waals surface area contributed by atoms with Gasteiger partial charge in [0.05, 0.1) is 11.3 Å². The van der Waals surface area contributed by atoms with Crippen LogP contribution in [0.15, 0.2) is 48.5 Å². The molecule has 0 unspecified atom stereocenters. The fraction of sp³-hybridized carbons (Fsp3) is 0.300. The Balaban J connectivity index is 2.05. The van der Waals surface area contributed by atoms with E-state index in [2.05, 4.69) is 26.1 Å². The van der Waals surface area contributed by atoms with Crippen LogP contribution >= 0.6 is 0 Å². The Kier molecular flexibility index (Phi) is 5.47. The molecule has 0 aliphatic rings. The van der Waals surface area contributed by atoms with Gasteiger partial charge in [0.15, 0.2) is 6.10 Å². The van der Waals surface area contributed by atoms with Crippen LogP contribution in [0.25, 0.3) is 0 Å². The van der Waals surface area contributed by atoms with Gasteiger partial charge < -0.3 is 15.8 Å². The van der Waals surface area contributed by atoms with Crippen molar-refractivity contribution in [2.75, 3.05) is 5.32 Å². The zero-order valence-electron chi connectivity index (χ0n) is 15.0. The van der Waals surface area contributed by atoms with Crippen molar-refractivity contribution in [1.82, 2.24) is 0 Å². The van der Waals surface area contributed by atoms with Crippen LogP contribution in [0.1, 0.15) is 43.6 Å². The molecule has 2 rings (SSSR count). The number of hydrogen-bond donors (Lipinski definition) is 2. The lowest BCUT2D eigenvalue weighted by Crippen LogP contribution is -2.31. The summed E-state index contributed by atoms with van der Waals surface area (Å²) in [5, 5.41) is 2.68. The third kappa shape index (κ3) is 4.83. The second kappa shape index (κ2) is 7.38. The summed E-state index contributed by atoms with van der Waals surface area (Å²) in [5.41, 5.74) is 7.20. The number of nitrogens with two attached hydrogens (primary N) is 1. The summed E-state index contributed by atoms with van der Waals surface area (Å²) >= 11 is 0. The van der Waals surface area contributed by atoms with E-state index in [9.17, 15) is 9.59 Å². The van der Waals surface area contributed by atoms with Crippen LogP contribution in [0.4, 0.5) is 5.69 Å². The van der Waals surface area contributed by atoms with Gasteiger partial charge in [0.1, 0.15) is 5.75 Å². The number of carbonyl (C=O) groups is 2. The van der Waals surface area contributed by atoms with Crippen molar-refractivity contribution in [3.63, 3.8) is 0 Å². The van der Waals surface area contributed by atoms with Crippen LogP contribution in [0.3, 0.4) is 0 Å². The van der Waals surface area contributed by atoms with Gasteiger partial charge in [0.2, 0.25) is 0 Å². The van der Waals surface area contributed by atoms with Gasteiger partial charge in [-0.05, 0) is 42.2 Å². The van der Waals surface area contributed by atoms with Crippen LogP contribution < -0.4 is 15.8 Å². The van der Waals surface area contributed by atoms with E-state index in [0.717, 1.165) is 0 Å². The fourth-order valence-electron chi connectivity index (χ4n) is 2.33. The molecule has 1 atom stereocenters. The molecule has 5 nitrogen and oxygen atoms in total. The summed E-state index contributed by atoms with van der Waals surface area (Å²) in [6.07, 6.45) is -0.721. The molecule has 0 radical (unpaired) electrons. The molecule has 0 aliphatic carbocycles. The van der Waals surface area contributed by atoms with Crippen LogP contribution in [-0.2, 0) is 10.2 Å². The number of benzene rings is 2. The minimum atomic E-state index is -0.721. The van der Waals surface area contributed by atoms with E-state index in [0.29, 0.717) is 11.4 Å². The summed E-state index contributed by atoms with van der Waals surface area (Å²) in [4.78, 5) is 23.7. The van der Waals surface area contributed by atoms with Gasteiger partial charge in [-0.15, -0.1) is 0 Å². The summed E-state index contributed by atoms with van der Waals surface area (Å²) in [6, 6.07) is 14.3. The molecule has 3 N–H and O–H groups in total. The molecule has 132 valence electrons. The van der Waals surface area contributed by atoms with Crippen molar-refractivity contribution in [2.24, 2.45) is 5.73 Å². The van der Waals surface area contributed by atoms with Gasteiger partial charge >= 0.3 is 0 Å². The number of nitrogens with one attached hydrogen (secondary N) is 1. The van der Waals surface area contributed by atoms with Crippen LogP contribution in [-0.4, -0.2) is 17.9 Å². The first-order valence-electron chi connectivity index (χ1n) is 8.15. The van der Waals surface area contributed by atoms with E-state index in [-0.39, 0.29) is 16.9 Å². The third-order valence-corrected chi connectivity index (χ3v) is 3.85. The number of amides is 2. The molecule has 0 saturated heterocycles. The Morgan fingerprint density at radius 1 is 1.04 bits per heavy atom. The number of anilines is 1. The van der Waals surface area contributed by atoms with E-state index in [1.165, 1.54) is 5.56 Å². The van der Waals surface area contributed by atoms with E-state index in [1.807, 2.05) is 24.3 Å². The highest BCUT2D eigenvalue weighted by atomic mass is 16.5. The zero-order valence-corrected chi connectivity index (χ0v) is 15.0. The van der Waals surface area contributed by atoms with Crippen LogP contribution in [0.5, 0.6) is 5.75 Å². The summed E-state index contributed by atoms with van der Waals surface area (Å²) in [6.45, 7) is 8.05. The Hall–Kier alpha value is -2.82. The number of rotatable bonds is 5. The maximum atomic E-state index is 12.3. The minimum absolute atomic E-state index is 0.0555. The van der Waals surface area contributed by atoms with Crippen molar-refractivity contribution in [1.29, 1.82) is 0 Å². The highest BCUT2D eigenvalue weighted by molar-refractivity contribution is 6.03. The average Bonchev–Trinajstić information content (AvgIpc) is 2.54. The predicted molar refractivity (Wildman–Crippen MR) is 98.8 cm³/mol. The molecule has 0 spiro atoms. The molecule has 0 fully saturated rings. The molecule has 0 aromatic heterocycles. The van der Waals surface area contributed by atoms with E-state index >= 15 is 0 Å². The Morgan fingerprint density at radius 3 is 2.20 bits per heavy atom. The molecular weight excluding hydrogens is 316 g/mol. The standard InChI is InChI=1S/C20H24N2O3/c1-13(25-15-11-9-14(10-12-15)20(2,3)4)19(24)22-17-8-6-5-7-16(17)18(21)23/h5-13H,1-4H3,(H2,21,23)(H,22,24)/t13-/m0/s1. The Bertz CT molecular complexity index is 761. The van der Waals surface area contributed by atoms with Crippen LogP contribution in [0.2, 0.25) is 0 Å². The summed E-state index contributed by atoms with van der Waals surface area (Å²) < 4.78 is 5.69. The molecule has 0 heterocycles. The Labute approximate surface area is 148 Å². The van der Waals surface area contributed by atoms with Crippen molar-refractivity contribution < 1.29 is 14.3 Å². The van der Waals surface area contributed by atoms with Crippen molar-refractivity contribution in [3.05, 3.63) is 59.7 Å². The lowest BCUT2D eigenvalue weighted by molar-refractivity contribution is -0.122. The van der Waals surface area contributed by atoms with Gasteiger partial charge in [0.25, 0.3) is 11.8 Å². The average molecular weight is 340 g/mol. The zero-order chi connectivity index (χ0) is 18.6. The SMILES string of the molecule is C[C@H](Oc1ccc(C(C)(C)C)cc1)C(=O)Nc1ccccc1C(N)=O. The molecule has 2 aromatic rings. The monoisotopic (exact) mass is 340 g/mol. The Morgan fingerprint density at radius 2 is 1.64 bits per heavy atom. The number of primary amides is 1. The maximum Gasteiger partial charge on any atom is 0.265 e. The molecule has 2 amide bonds. The molecular formula is C20H24N2O3. The maximum absolute atomic E-state index is 12.3. The molecule has 0 aliphatic heterocycles. The van der Waals surface area contributed by atoms with Gasteiger partial charge in [-0.3, -0.25) is 9.59 Å². The highest BCUT2D eigenvalue weighted by Gasteiger charge is 2.18. The van der Waals surface area contributed by atoms with E-state index in [1.54, 1.807) is 31.2 Å². The topological polar surface area (TPSA) is 81.4 Å². The van der Waals surface area contributed by atoms with E-state index in [4.69, 9.17) is 10.5 Å². The number of carbonyl (C=O) groups excluding carboxylic acids is 2. The van der Waals surface area contributed by atoms with Crippen molar-refractivity contribution in [3.8, 4) is 5.75 Å².